The van der Waals surface area contributed by atoms with Crippen LogP contribution in [0.1, 0.15) is 19.3 Å². The zero-order valence-corrected chi connectivity index (χ0v) is 11.7. The van der Waals surface area contributed by atoms with Crippen molar-refractivity contribution in [1.82, 2.24) is 0 Å². The van der Waals surface area contributed by atoms with Gasteiger partial charge >= 0.3 is 7.60 Å². The molecule has 0 aromatic rings. The normalized spacial score (nSPS) is 13.5. The average molecular weight is 327 g/mol. The Morgan fingerprint density at radius 2 is 1.33 bits per heavy atom. The van der Waals surface area contributed by atoms with Crippen molar-refractivity contribution < 1.29 is 44.1 Å². The quantitative estimate of drug-likeness (QED) is 0.306. The van der Waals surface area contributed by atoms with Gasteiger partial charge in [0.1, 0.15) is 0 Å². The Bertz CT molecular complexity index is 408. The van der Waals surface area contributed by atoms with Crippen LogP contribution in [0.3, 0.4) is 0 Å². The Labute approximate surface area is 119 Å². The van der Waals surface area contributed by atoms with Gasteiger partial charge in [0.05, 0.1) is 18.1 Å². The minimum Gasteiger partial charge on any atom is -0.550 e. The maximum absolute atomic E-state index is 10.2. The molecule has 0 radical (unpaired) electrons. The molecule has 6 N–H and O–H groups in total. The molecule has 0 aromatic carbocycles. The summed E-state index contributed by atoms with van der Waals surface area (Å²) in [6.45, 7) is 0. The van der Waals surface area contributed by atoms with Crippen molar-refractivity contribution in [3.63, 3.8) is 0 Å². The van der Waals surface area contributed by atoms with E-state index in [9.17, 15) is 34.3 Å². The molecule has 2 atom stereocenters. The van der Waals surface area contributed by atoms with Crippen LogP contribution in [0, 0.1) is 0 Å². The third kappa shape index (κ3) is 16.4. The SMILES string of the molecule is NC(CCC(=O)[O-])C(=O)[O-].NC(CCP(=O)(O)O)C(=O)[O-]. The van der Waals surface area contributed by atoms with Gasteiger partial charge in [0.2, 0.25) is 0 Å². The number of rotatable bonds is 8. The molecule has 0 saturated heterocycles. The van der Waals surface area contributed by atoms with Crippen LogP contribution in [0.15, 0.2) is 0 Å². The van der Waals surface area contributed by atoms with Crippen molar-refractivity contribution in [2.75, 3.05) is 6.16 Å². The van der Waals surface area contributed by atoms with Gasteiger partial charge in [-0.3, -0.25) is 4.57 Å². The maximum Gasteiger partial charge on any atom is 0.325 e. The Morgan fingerprint density at radius 3 is 1.62 bits per heavy atom. The van der Waals surface area contributed by atoms with E-state index in [2.05, 4.69) is 0 Å². The molecule has 0 rings (SSSR count). The van der Waals surface area contributed by atoms with Crippen molar-refractivity contribution in [2.45, 2.75) is 31.3 Å². The first-order chi connectivity index (χ1) is 9.36. The molecule has 0 aliphatic carbocycles. The first kappa shape index (κ1) is 21.8. The fourth-order valence-electron chi connectivity index (χ4n) is 0.816. The van der Waals surface area contributed by atoms with Crippen LogP contribution in [0.5, 0.6) is 0 Å². The predicted octanol–water partition coefficient (Wildman–Crippen LogP) is -5.77. The summed E-state index contributed by atoms with van der Waals surface area (Å²) in [7, 11) is -4.13. The molecule has 0 bridgehead atoms. The number of nitrogens with two attached hydrogens (primary N) is 2. The van der Waals surface area contributed by atoms with Gasteiger partial charge < -0.3 is 51.0 Å². The molecule has 0 aromatic heterocycles. The van der Waals surface area contributed by atoms with E-state index in [1.165, 1.54) is 0 Å². The summed E-state index contributed by atoms with van der Waals surface area (Å²) < 4.78 is 10.2. The third-order valence-corrected chi connectivity index (χ3v) is 2.84. The Kier molecular flexibility index (Phi) is 10.6. The van der Waals surface area contributed by atoms with Gasteiger partial charge in [-0.25, -0.2) is 0 Å². The largest absolute Gasteiger partial charge is 0.550 e. The van der Waals surface area contributed by atoms with E-state index in [-0.39, 0.29) is 19.3 Å². The van der Waals surface area contributed by atoms with Gasteiger partial charge in [0, 0.05) is 18.1 Å². The van der Waals surface area contributed by atoms with Crippen molar-refractivity contribution in [3.05, 3.63) is 0 Å². The van der Waals surface area contributed by atoms with Crippen molar-refractivity contribution in [1.29, 1.82) is 0 Å². The average Bonchev–Trinajstić information content (AvgIpc) is 2.32. The van der Waals surface area contributed by atoms with Gasteiger partial charge in [-0.1, -0.05) is 0 Å². The van der Waals surface area contributed by atoms with Gasteiger partial charge in [-0.2, -0.15) is 0 Å². The van der Waals surface area contributed by atoms with Crippen LogP contribution in [-0.2, 0) is 18.9 Å². The minimum absolute atomic E-state index is 0.148. The second kappa shape index (κ2) is 10.2. The molecule has 0 spiro atoms. The zero-order chi connectivity index (χ0) is 17.2. The molecule has 11 nitrogen and oxygen atoms in total. The monoisotopic (exact) mass is 327 g/mol. The van der Waals surface area contributed by atoms with Gasteiger partial charge in [-0.05, 0) is 19.3 Å². The van der Waals surface area contributed by atoms with E-state index in [1.807, 2.05) is 0 Å². The summed E-state index contributed by atoms with van der Waals surface area (Å²) in [5.41, 5.74) is 9.83. The lowest BCUT2D eigenvalue weighted by Crippen LogP contribution is -2.42. The number of carbonyl (C=O) groups excluding carboxylic acids is 3. The zero-order valence-electron chi connectivity index (χ0n) is 10.8. The van der Waals surface area contributed by atoms with Crippen molar-refractivity contribution in [3.8, 4) is 0 Å². The van der Waals surface area contributed by atoms with Crippen LogP contribution < -0.4 is 26.8 Å². The highest BCUT2D eigenvalue weighted by Gasteiger charge is 2.15. The lowest BCUT2D eigenvalue weighted by Gasteiger charge is -2.12. The second-order valence-electron chi connectivity index (χ2n) is 3.94. The maximum atomic E-state index is 10.2. The summed E-state index contributed by atoms with van der Waals surface area (Å²) in [5.74, 6) is -4.25. The van der Waals surface area contributed by atoms with Gasteiger partial charge in [0.25, 0.3) is 0 Å². The van der Waals surface area contributed by atoms with E-state index in [4.69, 9.17) is 21.3 Å². The molecule has 0 aliphatic heterocycles. The van der Waals surface area contributed by atoms with Crippen LogP contribution in [-0.4, -0.2) is 45.9 Å². The first-order valence-corrected chi connectivity index (χ1v) is 7.34. The second-order valence-corrected chi connectivity index (χ2v) is 5.72. The number of carbonyl (C=O) groups is 3. The molecular formula is C9H16N2O9P-3. The van der Waals surface area contributed by atoms with E-state index in [0.29, 0.717) is 0 Å². The third-order valence-electron chi connectivity index (χ3n) is 2.00. The number of hydrogen-bond donors (Lipinski definition) is 4. The highest BCUT2D eigenvalue weighted by molar-refractivity contribution is 7.51. The molecule has 2 unspecified atom stereocenters. The molecule has 0 saturated carbocycles. The first-order valence-electron chi connectivity index (χ1n) is 5.54. The van der Waals surface area contributed by atoms with E-state index in [0.717, 1.165) is 0 Å². The highest BCUT2D eigenvalue weighted by Crippen LogP contribution is 2.34. The summed E-state index contributed by atoms with van der Waals surface area (Å²) in [4.78, 5) is 46.1. The van der Waals surface area contributed by atoms with E-state index >= 15 is 0 Å². The predicted molar refractivity (Wildman–Crippen MR) is 61.7 cm³/mol. The van der Waals surface area contributed by atoms with Crippen molar-refractivity contribution in [2.24, 2.45) is 11.5 Å². The molecular weight excluding hydrogens is 311 g/mol. The Hall–Kier alpha value is -1.52. The number of hydrogen-bond acceptors (Lipinski definition) is 9. The lowest BCUT2D eigenvalue weighted by atomic mass is 10.2. The topological polar surface area (TPSA) is 230 Å². The van der Waals surface area contributed by atoms with Crippen LogP contribution >= 0.6 is 7.60 Å². The van der Waals surface area contributed by atoms with E-state index < -0.39 is 43.7 Å². The lowest BCUT2D eigenvalue weighted by molar-refractivity contribution is -0.310. The molecule has 0 heterocycles. The molecule has 0 amide bonds. The molecule has 124 valence electrons. The summed E-state index contributed by atoms with van der Waals surface area (Å²) >= 11 is 0. The summed E-state index contributed by atoms with van der Waals surface area (Å²) in [5, 5.41) is 29.5. The fraction of sp³-hybridized carbons (Fsp3) is 0.667. The van der Waals surface area contributed by atoms with Crippen LogP contribution in [0.2, 0.25) is 0 Å². The van der Waals surface area contributed by atoms with Gasteiger partial charge in [0.15, 0.2) is 0 Å². The number of carboxylic acid groups (broad SMARTS) is 3. The smallest absolute Gasteiger partial charge is 0.325 e. The van der Waals surface area contributed by atoms with Crippen molar-refractivity contribution >= 4 is 25.5 Å². The van der Waals surface area contributed by atoms with Crippen LogP contribution in [0.25, 0.3) is 0 Å². The highest BCUT2D eigenvalue weighted by atomic mass is 31.2. The van der Waals surface area contributed by atoms with E-state index in [1.54, 1.807) is 0 Å². The van der Waals surface area contributed by atoms with Crippen LogP contribution in [0.4, 0.5) is 0 Å². The number of aliphatic carboxylic acids is 3. The molecule has 21 heavy (non-hydrogen) atoms. The van der Waals surface area contributed by atoms with Gasteiger partial charge in [-0.15, -0.1) is 0 Å². The Balaban J connectivity index is 0. The number of carboxylic acids is 3. The summed E-state index contributed by atoms with van der Waals surface area (Å²) in [6.07, 6.45) is -1.30. The molecule has 12 heteroatoms. The standard InChI is InChI=1S/C5H9NO4.C4H10NO5P/c6-3(5(9)10)1-2-4(7)8;5-3(4(6)7)1-2-11(8,9)10/h3H,1-2,6H2,(H,7,8)(H,9,10);3H,1-2,5H2,(H,6,7)(H2,8,9,10)/p-3. The molecule has 0 aliphatic rings. The molecule has 0 fully saturated rings. The fourth-order valence-corrected chi connectivity index (χ4v) is 1.43. The Morgan fingerprint density at radius 1 is 0.952 bits per heavy atom. The minimum atomic E-state index is -4.13. The summed E-state index contributed by atoms with van der Waals surface area (Å²) in [6, 6.07) is -2.51.